The summed E-state index contributed by atoms with van der Waals surface area (Å²) in [6.45, 7) is 0. The van der Waals surface area contributed by atoms with Crippen LogP contribution in [0.1, 0.15) is 11.5 Å². The van der Waals surface area contributed by atoms with Gasteiger partial charge in [-0.1, -0.05) is 12.1 Å². The molecule has 0 spiro atoms. The number of esters is 1. The SMILES string of the molecule is COC(=O)C(c1cccc([N+](=O)[O-])c1)C(C(=O)O)C(=O)O. The standard InChI is InChI=1S/C12H11NO8/c1-21-12(18)8(9(10(14)15)11(16)17)6-3-2-4-7(5-6)13(19)20/h2-5,8-9H,1H3,(H,14,15)(H,16,17). The first-order valence-corrected chi connectivity index (χ1v) is 5.57. The molecule has 0 amide bonds. The van der Waals surface area contributed by atoms with Gasteiger partial charge in [-0.3, -0.25) is 24.5 Å². The summed E-state index contributed by atoms with van der Waals surface area (Å²) in [4.78, 5) is 43.8. The third-order valence-corrected chi connectivity index (χ3v) is 2.76. The van der Waals surface area contributed by atoms with Gasteiger partial charge in [0.15, 0.2) is 5.92 Å². The van der Waals surface area contributed by atoms with Crippen LogP contribution in [0.2, 0.25) is 0 Å². The van der Waals surface area contributed by atoms with Crippen molar-refractivity contribution in [2.75, 3.05) is 7.11 Å². The van der Waals surface area contributed by atoms with E-state index < -0.39 is 40.4 Å². The number of benzene rings is 1. The molecule has 1 aromatic rings. The molecule has 0 aliphatic rings. The second-order valence-electron chi connectivity index (χ2n) is 4.01. The Bertz CT molecular complexity index is 583. The predicted octanol–water partition coefficient (Wildman–Crippen LogP) is 0.637. The number of carbonyl (C=O) groups is 3. The largest absolute Gasteiger partial charge is 0.481 e. The Morgan fingerprint density at radius 2 is 1.81 bits per heavy atom. The molecular weight excluding hydrogens is 286 g/mol. The van der Waals surface area contributed by atoms with Gasteiger partial charge in [-0.05, 0) is 5.56 Å². The third-order valence-electron chi connectivity index (χ3n) is 2.76. The third kappa shape index (κ3) is 3.53. The van der Waals surface area contributed by atoms with Gasteiger partial charge in [0.2, 0.25) is 0 Å². The minimum absolute atomic E-state index is 0.120. The van der Waals surface area contributed by atoms with Crippen molar-refractivity contribution < 1.29 is 34.3 Å². The lowest BCUT2D eigenvalue weighted by Gasteiger charge is -2.18. The number of methoxy groups -OCH3 is 1. The normalized spacial score (nSPS) is 11.7. The number of nitro benzene ring substituents is 1. The monoisotopic (exact) mass is 297 g/mol. The molecule has 1 atom stereocenters. The zero-order chi connectivity index (χ0) is 16.2. The van der Waals surface area contributed by atoms with Crippen LogP contribution in [-0.2, 0) is 19.1 Å². The molecule has 0 radical (unpaired) electrons. The van der Waals surface area contributed by atoms with Gasteiger partial charge in [0.05, 0.1) is 12.0 Å². The lowest BCUT2D eigenvalue weighted by molar-refractivity contribution is -0.384. The van der Waals surface area contributed by atoms with E-state index in [-0.39, 0.29) is 5.56 Å². The Labute approximate surface area is 117 Å². The fourth-order valence-corrected chi connectivity index (χ4v) is 1.81. The molecule has 0 saturated heterocycles. The lowest BCUT2D eigenvalue weighted by Crippen LogP contribution is -2.35. The molecule has 21 heavy (non-hydrogen) atoms. The number of carboxylic acid groups (broad SMARTS) is 2. The predicted molar refractivity (Wildman–Crippen MR) is 66.6 cm³/mol. The maximum atomic E-state index is 11.7. The van der Waals surface area contributed by atoms with Gasteiger partial charge in [0.1, 0.15) is 5.92 Å². The van der Waals surface area contributed by atoms with Crippen LogP contribution in [0.15, 0.2) is 24.3 Å². The van der Waals surface area contributed by atoms with E-state index in [2.05, 4.69) is 4.74 Å². The molecule has 0 aromatic heterocycles. The van der Waals surface area contributed by atoms with E-state index in [9.17, 15) is 24.5 Å². The summed E-state index contributed by atoms with van der Waals surface area (Å²) < 4.78 is 4.41. The Morgan fingerprint density at radius 1 is 1.24 bits per heavy atom. The van der Waals surface area contributed by atoms with Crippen molar-refractivity contribution in [3.05, 3.63) is 39.9 Å². The number of ether oxygens (including phenoxy) is 1. The number of hydrogen-bond acceptors (Lipinski definition) is 6. The number of aliphatic carboxylic acids is 2. The van der Waals surface area contributed by atoms with Crippen molar-refractivity contribution in [3.8, 4) is 0 Å². The molecule has 9 heteroatoms. The number of nitrogens with zero attached hydrogens (tertiary/aromatic N) is 1. The highest BCUT2D eigenvalue weighted by atomic mass is 16.6. The van der Waals surface area contributed by atoms with Crippen molar-refractivity contribution in [3.63, 3.8) is 0 Å². The summed E-state index contributed by atoms with van der Waals surface area (Å²) in [5.41, 5.74) is -0.512. The second kappa shape index (κ2) is 6.46. The van der Waals surface area contributed by atoms with E-state index in [1.165, 1.54) is 12.1 Å². The molecule has 0 saturated carbocycles. The van der Waals surface area contributed by atoms with Crippen LogP contribution in [-0.4, -0.2) is 40.2 Å². The number of rotatable bonds is 6. The van der Waals surface area contributed by atoms with Crippen LogP contribution in [0.4, 0.5) is 5.69 Å². The maximum absolute atomic E-state index is 11.7. The van der Waals surface area contributed by atoms with Gasteiger partial charge in [0, 0.05) is 12.1 Å². The van der Waals surface area contributed by atoms with E-state index in [0.29, 0.717) is 0 Å². The van der Waals surface area contributed by atoms with Crippen LogP contribution in [0.3, 0.4) is 0 Å². The first-order chi connectivity index (χ1) is 9.79. The fourth-order valence-electron chi connectivity index (χ4n) is 1.81. The van der Waals surface area contributed by atoms with Crippen molar-refractivity contribution in [1.82, 2.24) is 0 Å². The molecule has 1 rings (SSSR count). The summed E-state index contributed by atoms with van der Waals surface area (Å²) in [6.07, 6.45) is 0. The fraction of sp³-hybridized carbons (Fsp3) is 0.250. The highest BCUT2D eigenvalue weighted by Crippen LogP contribution is 2.29. The molecule has 0 heterocycles. The summed E-state index contributed by atoms with van der Waals surface area (Å²) in [6, 6.07) is 4.53. The van der Waals surface area contributed by atoms with Crippen LogP contribution in [0, 0.1) is 16.0 Å². The van der Waals surface area contributed by atoms with Crippen molar-refractivity contribution in [2.24, 2.45) is 5.92 Å². The molecule has 1 aromatic carbocycles. The van der Waals surface area contributed by atoms with Gasteiger partial charge >= 0.3 is 17.9 Å². The van der Waals surface area contributed by atoms with E-state index in [1.54, 1.807) is 0 Å². The Hall–Kier alpha value is -2.97. The quantitative estimate of drug-likeness (QED) is 0.337. The molecule has 2 N–H and O–H groups in total. The molecule has 112 valence electrons. The van der Waals surface area contributed by atoms with E-state index >= 15 is 0 Å². The summed E-state index contributed by atoms with van der Waals surface area (Å²) >= 11 is 0. The highest BCUT2D eigenvalue weighted by molar-refractivity contribution is 5.99. The molecule has 0 fully saturated rings. The van der Waals surface area contributed by atoms with E-state index in [4.69, 9.17) is 10.2 Å². The number of nitro groups is 1. The van der Waals surface area contributed by atoms with Gasteiger partial charge in [-0.2, -0.15) is 0 Å². The smallest absolute Gasteiger partial charge is 0.319 e. The number of hydrogen-bond donors (Lipinski definition) is 2. The van der Waals surface area contributed by atoms with Crippen molar-refractivity contribution in [2.45, 2.75) is 5.92 Å². The summed E-state index contributed by atoms with van der Waals surface area (Å²) in [7, 11) is 0.966. The molecule has 0 aliphatic carbocycles. The molecule has 0 aliphatic heterocycles. The molecule has 9 nitrogen and oxygen atoms in total. The van der Waals surface area contributed by atoms with Gasteiger partial charge in [0.25, 0.3) is 5.69 Å². The Balaban J connectivity index is 3.41. The summed E-state index contributed by atoms with van der Waals surface area (Å²) in [5.74, 6) is -8.40. The van der Waals surface area contributed by atoms with Gasteiger partial charge in [-0.25, -0.2) is 0 Å². The first kappa shape index (κ1) is 16.1. The van der Waals surface area contributed by atoms with Crippen LogP contribution >= 0.6 is 0 Å². The minimum atomic E-state index is -2.11. The van der Waals surface area contributed by atoms with E-state index in [1.807, 2.05) is 0 Å². The Kier molecular flexibility index (Phi) is 4.95. The second-order valence-corrected chi connectivity index (χ2v) is 4.01. The first-order valence-electron chi connectivity index (χ1n) is 5.57. The molecule has 1 unspecified atom stereocenters. The lowest BCUT2D eigenvalue weighted by atomic mass is 9.85. The van der Waals surface area contributed by atoms with Crippen LogP contribution in [0.25, 0.3) is 0 Å². The molecule has 0 bridgehead atoms. The Morgan fingerprint density at radius 3 is 2.24 bits per heavy atom. The topological polar surface area (TPSA) is 144 Å². The zero-order valence-corrected chi connectivity index (χ0v) is 10.8. The summed E-state index contributed by atoms with van der Waals surface area (Å²) in [5, 5.41) is 28.7. The highest BCUT2D eigenvalue weighted by Gasteiger charge is 2.41. The maximum Gasteiger partial charge on any atom is 0.319 e. The van der Waals surface area contributed by atoms with Crippen LogP contribution in [0.5, 0.6) is 0 Å². The zero-order valence-electron chi connectivity index (χ0n) is 10.8. The van der Waals surface area contributed by atoms with Crippen molar-refractivity contribution >= 4 is 23.6 Å². The number of carboxylic acids is 2. The number of non-ortho nitro benzene ring substituents is 1. The van der Waals surface area contributed by atoms with Gasteiger partial charge < -0.3 is 14.9 Å². The average Bonchev–Trinajstić information content (AvgIpc) is 2.42. The average molecular weight is 297 g/mol. The van der Waals surface area contributed by atoms with Gasteiger partial charge in [-0.15, -0.1) is 0 Å². The molecular formula is C12H11NO8. The van der Waals surface area contributed by atoms with E-state index in [0.717, 1.165) is 19.2 Å². The number of carbonyl (C=O) groups excluding carboxylic acids is 1. The minimum Gasteiger partial charge on any atom is -0.481 e. The van der Waals surface area contributed by atoms with Crippen molar-refractivity contribution in [1.29, 1.82) is 0 Å². The van der Waals surface area contributed by atoms with Crippen LogP contribution < -0.4 is 0 Å².